The molecule has 0 bridgehead atoms. The molecule has 1 rings (SSSR count). The first-order chi connectivity index (χ1) is 7.62. The summed E-state index contributed by atoms with van der Waals surface area (Å²) in [5.41, 5.74) is 5.31. The van der Waals surface area contributed by atoms with Crippen LogP contribution in [0.5, 0.6) is 5.88 Å². The van der Waals surface area contributed by atoms with Crippen LogP contribution in [-0.4, -0.2) is 23.7 Å². The molecule has 0 fully saturated rings. The summed E-state index contributed by atoms with van der Waals surface area (Å²) >= 11 is 5.41. The van der Waals surface area contributed by atoms with Crippen LogP contribution in [0.1, 0.15) is 0 Å². The van der Waals surface area contributed by atoms with Gasteiger partial charge in [0.25, 0.3) is 0 Å². The minimum atomic E-state index is -5.68. The van der Waals surface area contributed by atoms with Gasteiger partial charge in [-0.2, -0.15) is 22.0 Å². The second-order valence-electron chi connectivity index (χ2n) is 3.05. The number of pyridine rings is 1. The maximum Gasteiger partial charge on any atom is 0.456 e. The summed E-state index contributed by atoms with van der Waals surface area (Å²) in [4.78, 5) is 3.38. The van der Waals surface area contributed by atoms with Crippen LogP contribution in [0.2, 0.25) is 5.15 Å². The molecule has 0 saturated heterocycles. The molecule has 3 nitrogen and oxygen atoms in total. The Hall–Kier alpha value is -1.31. The molecule has 9 heteroatoms. The van der Waals surface area contributed by atoms with Gasteiger partial charge in [0.2, 0.25) is 5.88 Å². The molecule has 0 aliphatic rings. The van der Waals surface area contributed by atoms with E-state index < -0.39 is 24.6 Å². The van der Waals surface area contributed by atoms with Crippen LogP contribution < -0.4 is 10.5 Å². The molecule has 0 aliphatic carbocycles. The van der Waals surface area contributed by atoms with Crippen molar-refractivity contribution in [3.63, 3.8) is 0 Å². The third-order valence-electron chi connectivity index (χ3n) is 1.61. The summed E-state index contributed by atoms with van der Waals surface area (Å²) < 4.78 is 64.5. The summed E-state index contributed by atoms with van der Waals surface area (Å²) in [6.45, 7) is -1.89. The molecule has 17 heavy (non-hydrogen) atoms. The van der Waals surface area contributed by atoms with Crippen molar-refractivity contribution >= 4 is 17.3 Å². The van der Waals surface area contributed by atoms with Crippen LogP contribution in [-0.2, 0) is 0 Å². The third-order valence-corrected chi connectivity index (χ3v) is 1.80. The van der Waals surface area contributed by atoms with Crippen molar-refractivity contribution in [2.24, 2.45) is 0 Å². The van der Waals surface area contributed by atoms with E-state index in [0.717, 1.165) is 6.07 Å². The highest BCUT2D eigenvalue weighted by Crippen LogP contribution is 2.35. The van der Waals surface area contributed by atoms with E-state index >= 15 is 0 Å². The lowest BCUT2D eigenvalue weighted by Crippen LogP contribution is -2.41. The number of nitrogen functional groups attached to an aromatic ring is 1. The van der Waals surface area contributed by atoms with Gasteiger partial charge in [-0.25, -0.2) is 4.98 Å². The van der Waals surface area contributed by atoms with Gasteiger partial charge in [0.15, 0.2) is 6.61 Å². The number of ether oxygens (including phenoxy) is 1. The maximum absolute atomic E-state index is 12.5. The minimum Gasteiger partial charge on any atom is -0.471 e. The molecule has 0 amide bonds. The number of anilines is 1. The topological polar surface area (TPSA) is 48.1 Å². The number of halogens is 6. The minimum absolute atomic E-state index is 0.0373. The molecule has 0 spiro atoms. The lowest BCUT2D eigenvalue weighted by molar-refractivity contribution is -0.290. The quantitative estimate of drug-likeness (QED) is 0.682. The Kier molecular flexibility index (Phi) is 3.65. The Labute approximate surface area is 97.3 Å². The monoisotopic (exact) mass is 276 g/mol. The first-order valence-corrected chi connectivity index (χ1v) is 4.50. The lowest BCUT2D eigenvalue weighted by atomic mass is 10.3. The predicted octanol–water partition coefficient (Wildman–Crippen LogP) is 2.89. The van der Waals surface area contributed by atoms with E-state index in [1.54, 1.807) is 0 Å². The predicted molar refractivity (Wildman–Crippen MR) is 50.2 cm³/mol. The Morgan fingerprint density at radius 2 is 1.82 bits per heavy atom. The van der Waals surface area contributed by atoms with Crippen LogP contribution in [0.15, 0.2) is 12.1 Å². The molecule has 1 aromatic rings. The zero-order valence-electron chi connectivity index (χ0n) is 8.06. The average Bonchev–Trinajstić information content (AvgIpc) is 2.11. The second kappa shape index (κ2) is 4.52. The van der Waals surface area contributed by atoms with Gasteiger partial charge in [-0.15, -0.1) is 0 Å². The van der Waals surface area contributed by atoms with Crippen molar-refractivity contribution < 1.29 is 26.7 Å². The molecule has 96 valence electrons. The molecule has 0 atom stereocenters. The first-order valence-electron chi connectivity index (χ1n) is 4.12. The Morgan fingerprint density at radius 1 is 1.24 bits per heavy atom. The van der Waals surface area contributed by atoms with Crippen molar-refractivity contribution in [3.05, 3.63) is 17.3 Å². The zero-order chi connectivity index (χ0) is 13.3. The zero-order valence-corrected chi connectivity index (χ0v) is 8.82. The molecule has 0 unspecified atom stereocenters. The fraction of sp³-hybridized carbons (Fsp3) is 0.375. The van der Waals surface area contributed by atoms with Crippen LogP contribution in [0.4, 0.5) is 27.6 Å². The van der Waals surface area contributed by atoms with Gasteiger partial charge in [-0.1, -0.05) is 11.6 Å². The van der Waals surface area contributed by atoms with E-state index in [-0.39, 0.29) is 10.8 Å². The lowest BCUT2D eigenvalue weighted by Gasteiger charge is -2.19. The molecule has 2 N–H and O–H groups in total. The van der Waals surface area contributed by atoms with Crippen LogP contribution in [0.25, 0.3) is 0 Å². The van der Waals surface area contributed by atoms with E-state index in [1.807, 2.05) is 0 Å². The SMILES string of the molecule is Nc1cc(Cl)nc(OCC(F)(F)C(F)(F)F)c1. The van der Waals surface area contributed by atoms with Gasteiger partial charge >= 0.3 is 12.1 Å². The number of alkyl halides is 5. The van der Waals surface area contributed by atoms with Crippen molar-refractivity contribution in [1.82, 2.24) is 4.98 Å². The summed E-state index contributed by atoms with van der Waals surface area (Å²) in [7, 11) is 0. The number of hydrogen-bond acceptors (Lipinski definition) is 3. The highest BCUT2D eigenvalue weighted by molar-refractivity contribution is 6.29. The molecular formula is C8H6ClF5N2O. The van der Waals surface area contributed by atoms with Crippen molar-refractivity contribution in [2.45, 2.75) is 12.1 Å². The standard InChI is InChI=1S/C8H6ClF5N2O/c9-5-1-4(15)2-6(16-5)17-3-7(10,11)8(12,13)14/h1-2H,3H2,(H2,15,16). The van der Waals surface area contributed by atoms with E-state index in [2.05, 4.69) is 9.72 Å². The number of hydrogen-bond donors (Lipinski definition) is 1. The molecule has 0 saturated carbocycles. The number of aromatic nitrogens is 1. The smallest absolute Gasteiger partial charge is 0.456 e. The van der Waals surface area contributed by atoms with E-state index in [9.17, 15) is 22.0 Å². The molecular weight excluding hydrogens is 271 g/mol. The number of nitrogens with zero attached hydrogens (tertiary/aromatic N) is 1. The summed E-state index contributed by atoms with van der Waals surface area (Å²) in [5.74, 6) is -5.47. The van der Waals surface area contributed by atoms with Crippen LogP contribution >= 0.6 is 11.6 Å². The van der Waals surface area contributed by atoms with Gasteiger partial charge in [-0.05, 0) is 6.07 Å². The highest BCUT2D eigenvalue weighted by Gasteiger charge is 2.58. The molecule has 0 aromatic carbocycles. The Bertz CT molecular complexity index is 389. The summed E-state index contributed by atoms with van der Waals surface area (Å²) in [6.07, 6.45) is -5.68. The number of nitrogens with two attached hydrogens (primary N) is 1. The first kappa shape index (κ1) is 13.8. The largest absolute Gasteiger partial charge is 0.471 e. The van der Waals surface area contributed by atoms with Crippen molar-refractivity contribution in [1.29, 1.82) is 0 Å². The van der Waals surface area contributed by atoms with Crippen LogP contribution in [0, 0.1) is 0 Å². The van der Waals surface area contributed by atoms with Gasteiger partial charge in [0.05, 0.1) is 0 Å². The third kappa shape index (κ3) is 3.58. The summed E-state index contributed by atoms with van der Waals surface area (Å²) in [6, 6.07) is 2.18. The van der Waals surface area contributed by atoms with E-state index in [1.165, 1.54) is 6.07 Å². The molecule has 1 aromatic heterocycles. The van der Waals surface area contributed by atoms with Crippen molar-refractivity contribution in [2.75, 3.05) is 12.3 Å². The maximum atomic E-state index is 12.5. The molecule has 1 heterocycles. The van der Waals surface area contributed by atoms with Crippen LogP contribution in [0.3, 0.4) is 0 Å². The number of rotatable bonds is 3. The second-order valence-corrected chi connectivity index (χ2v) is 3.44. The fourth-order valence-electron chi connectivity index (χ4n) is 0.812. The Morgan fingerprint density at radius 3 is 2.29 bits per heavy atom. The normalized spacial score (nSPS) is 12.6. The highest BCUT2D eigenvalue weighted by atomic mass is 35.5. The van der Waals surface area contributed by atoms with Gasteiger partial charge in [0, 0.05) is 11.8 Å². The summed E-state index contributed by atoms with van der Waals surface area (Å²) in [5, 5.41) is -0.171. The fourth-order valence-corrected chi connectivity index (χ4v) is 1.02. The Balaban J connectivity index is 2.74. The molecule has 0 radical (unpaired) electrons. The van der Waals surface area contributed by atoms with Crippen molar-refractivity contribution in [3.8, 4) is 5.88 Å². The van der Waals surface area contributed by atoms with E-state index in [4.69, 9.17) is 17.3 Å². The van der Waals surface area contributed by atoms with Gasteiger partial charge in [0.1, 0.15) is 5.15 Å². The average molecular weight is 277 g/mol. The molecule has 0 aliphatic heterocycles. The van der Waals surface area contributed by atoms with Gasteiger partial charge in [-0.3, -0.25) is 0 Å². The van der Waals surface area contributed by atoms with Gasteiger partial charge < -0.3 is 10.5 Å². The van der Waals surface area contributed by atoms with E-state index in [0.29, 0.717) is 0 Å².